The van der Waals surface area contributed by atoms with Gasteiger partial charge in [0.1, 0.15) is 5.75 Å². The third-order valence-electron chi connectivity index (χ3n) is 1.51. The Kier molecular flexibility index (Phi) is 4.41. The number of hydrogen-bond acceptors (Lipinski definition) is 3. The van der Waals surface area contributed by atoms with Crippen molar-refractivity contribution in [3.05, 3.63) is 28.2 Å². The number of benzene rings is 1. The maximum Gasteiger partial charge on any atom is 0.312 e. The molecule has 0 bridgehead atoms. The van der Waals surface area contributed by atoms with Gasteiger partial charge in [0.25, 0.3) is 0 Å². The van der Waals surface area contributed by atoms with E-state index in [9.17, 15) is 4.79 Å². The molecule has 0 aromatic heterocycles. The van der Waals surface area contributed by atoms with Crippen molar-refractivity contribution in [1.82, 2.24) is 0 Å². The van der Waals surface area contributed by atoms with Gasteiger partial charge in [0.15, 0.2) is 0 Å². The number of esters is 1. The molecule has 0 aliphatic carbocycles. The van der Waals surface area contributed by atoms with Crippen LogP contribution in [0.1, 0.15) is 12.8 Å². The number of rotatable bonds is 3. The van der Waals surface area contributed by atoms with Gasteiger partial charge in [-0.15, -0.1) is 0 Å². The van der Waals surface area contributed by atoms with Crippen molar-refractivity contribution in [3.63, 3.8) is 0 Å². The topological polar surface area (TPSA) is 50.1 Å². The van der Waals surface area contributed by atoms with Gasteiger partial charge in [0.2, 0.25) is 0 Å². The molecule has 0 unspecified atom stereocenters. The Balaban J connectivity index is 2.65. The smallest absolute Gasteiger partial charge is 0.312 e. The van der Waals surface area contributed by atoms with Crippen LogP contribution >= 0.6 is 23.2 Å². The molecule has 15 heavy (non-hydrogen) atoms. The quantitative estimate of drug-likeness (QED) is 0.605. The lowest BCUT2D eigenvalue weighted by atomic mass is 10.3. The summed E-state index contributed by atoms with van der Waals surface area (Å²) in [7, 11) is 0. The first-order valence-corrected chi connectivity index (χ1v) is 4.91. The normalized spacial score (nSPS) is 9.40. The molecular formula is C10H7Cl2NO2. The second-order valence-corrected chi connectivity index (χ2v) is 3.61. The molecule has 0 N–H and O–H groups in total. The number of ether oxygens (including phenoxy) is 1. The molecular weight excluding hydrogens is 237 g/mol. The van der Waals surface area contributed by atoms with Gasteiger partial charge in [-0.2, -0.15) is 5.26 Å². The highest BCUT2D eigenvalue weighted by atomic mass is 35.5. The Bertz CT molecular complexity index is 392. The Hall–Kier alpha value is -1.24. The van der Waals surface area contributed by atoms with Crippen LogP contribution in [0, 0.1) is 11.3 Å². The van der Waals surface area contributed by atoms with Crippen molar-refractivity contribution in [2.45, 2.75) is 12.8 Å². The maximum atomic E-state index is 11.1. The predicted octanol–water partition coefficient (Wildman–Crippen LogP) is 3.20. The summed E-state index contributed by atoms with van der Waals surface area (Å²) in [5.74, 6) is -0.190. The predicted molar refractivity (Wildman–Crippen MR) is 56.9 cm³/mol. The van der Waals surface area contributed by atoms with E-state index in [0.29, 0.717) is 10.0 Å². The molecule has 0 atom stereocenters. The summed E-state index contributed by atoms with van der Waals surface area (Å²) in [4.78, 5) is 11.1. The zero-order chi connectivity index (χ0) is 11.3. The van der Waals surface area contributed by atoms with E-state index >= 15 is 0 Å². The molecule has 0 aliphatic heterocycles. The van der Waals surface area contributed by atoms with Crippen LogP contribution in [0.5, 0.6) is 5.75 Å². The molecule has 3 nitrogen and oxygen atoms in total. The van der Waals surface area contributed by atoms with E-state index in [2.05, 4.69) is 0 Å². The Morgan fingerprint density at radius 2 is 1.93 bits per heavy atom. The lowest BCUT2D eigenvalue weighted by Gasteiger charge is -2.03. The number of halogens is 2. The fraction of sp³-hybridized carbons (Fsp3) is 0.200. The van der Waals surface area contributed by atoms with E-state index < -0.39 is 5.97 Å². The summed E-state index contributed by atoms with van der Waals surface area (Å²) in [6.07, 6.45) is 0.188. The van der Waals surface area contributed by atoms with Crippen molar-refractivity contribution < 1.29 is 9.53 Å². The lowest BCUT2D eigenvalue weighted by Crippen LogP contribution is -2.06. The van der Waals surface area contributed by atoms with Gasteiger partial charge in [-0.25, -0.2) is 0 Å². The van der Waals surface area contributed by atoms with Crippen LogP contribution < -0.4 is 4.74 Å². The van der Waals surface area contributed by atoms with Crippen LogP contribution in [-0.2, 0) is 4.79 Å². The molecule has 1 aromatic rings. The van der Waals surface area contributed by atoms with Gasteiger partial charge in [-0.3, -0.25) is 4.79 Å². The third kappa shape index (κ3) is 4.20. The van der Waals surface area contributed by atoms with Crippen molar-refractivity contribution in [2.75, 3.05) is 0 Å². The average Bonchev–Trinajstić information content (AvgIpc) is 2.13. The number of nitrogens with zero attached hydrogens (tertiary/aromatic N) is 1. The Morgan fingerprint density at radius 3 is 2.47 bits per heavy atom. The van der Waals surface area contributed by atoms with Crippen LogP contribution in [0.4, 0.5) is 0 Å². The molecule has 0 saturated heterocycles. The molecule has 1 rings (SSSR count). The minimum Gasteiger partial charge on any atom is -0.426 e. The Labute approximate surface area is 97.2 Å². The molecule has 1 aromatic carbocycles. The molecule has 78 valence electrons. The molecule has 0 radical (unpaired) electrons. The standard InChI is InChI=1S/C10H7Cl2NO2/c11-7-4-8(12)6-9(5-7)15-10(14)2-1-3-13/h4-6H,1-2H2. The lowest BCUT2D eigenvalue weighted by molar-refractivity contribution is -0.134. The minimum absolute atomic E-state index is 0.0562. The van der Waals surface area contributed by atoms with Crippen molar-refractivity contribution in [3.8, 4) is 11.8 Å². The van der Waals surface area contributed by atoms with Gasteiger partial charge in [-0.1, -0.05) is 23.2 Å². The van der Waals surface area contributed by atoms with Crippen LogP contribution in [0.2, 0.25) is 10.0 Å². The van der Waals surface area contributed by atoms with Crippen LogP contribution in [0.3, 0.4) is 0 Å². The van der Waals surface area contributed by atoms with Crippen LogP contribution in [0.15, 0.2) is 18.2 Å². The summed E-state index contributed by atoms with van der Waals surface area (Å²) in [5.41, 5.74) is 0. The third-order valence-corrected chi connectivity index (χ3v) is 1.95. The first-order chi connectivity index (χ1) is 7.11. The van der Waals surface area contributed by atoms with Crippen LogP contribution in [-0.4, -0.2) is 5.97 Å². The molecule has 0 heterocycles. The number of hydrogen-bond donors (Lipinski definition) is 0. The van der Waals surface area contributed by atoms with Crippen molar-refractivity contribution in [1.29, 1.82) is 5.26 Å². The first kappa shape index (κ1) is 11.8. The van der Waals surface area contributed by atoms with E-state index in [0.717, 1.165) is 0 Å². The Morgan fingerprint density at radius 1 is 1.33 bits per heavy atom. The van der Waals surface area contributed by atoms with Crippen molar-refractivity contribution >= 4 is 29.2 Å². The van der Waals surface area contributed by atoms with Gasteiger partial charge >= 0.3 is 5.97 Å². The fourth-order valence-corrected chi connectivity index (χ4v) is 1.43. The van der Waals surface area contributed by atoms with Crippen molar-refractivity contribution in [2.24, 2.45) is 0 Å². The molecule has 0 fully saturated rings. The van der Waals surface area contributed by atoms with Gasteiger partial charge in [-0.05, 0) is 18.2 Å². The molecule has 5 heteroatoms. The zero-order valence-corrected chi connectivity index (χ0v) is 9.18. The average molecular weight is 244 g/mol. The highest BCUT2D eigenvalue weighted by molar-refractivity contribution is 6.34. The van der Waals surface area contributed by atoms with E-state index in [1.165, 1.54) is 18.2 Å². The number of nitriles is 1. The summed E-state index contributed by atoms with van der Waals surface area (Å²) < 4.78 is 4.92. The minimum atomic E-state index is -0.477. The molecule has 0 aliphatic rings. The van der Waals surface area contributed by atoms with Gasteiger partial charge in [0.05, 0.1) is 12.5 Å². The maximum absolute atomic E-state index is 11.1. The molecule has 0 saturated carbocycles. The summed E-state index contributed by atoms with van der Waals surface area (Å²) in [6.45, 7) is 0. The van der Waals surface area contributed by atoms with Gasteiger partial charge < -0.3 is 4.74 Å². The second kappa shape index (κ2) is 5.59. The highest BCUT2D eigenvalue weighted by Gasteiger charge is 2.05. The van der Waals surface area contributed by atoms with E-state index in [-0.39, 0.29) is 18.6 Å². The van der Waals surface area contributed by atoms with Gasteiger partial charge in [0, 0.05) is 16.5 Å². The van der Waals surface area contributed by atoms with E-state index in [1.54, 1.807) is 0 Å². The fourth-order valence-electron chi connectivity index (χ4n) is 0.928. The summed E-state index contributed by atoms with van der Waals surface area (Å²) in [5, 5.41) is 9.06. The summed E-state index contributed by atoms with van der Waals surface area (Å²) >= 11 is 11.4. The monoisotopic (exact) mass is 243 g/mol. The number of carbonyl (C=O) groups excluding carboxylic acids is 1. The highest BCUT2D eigenvalue weighted by Crippen LogP contribution is 2.24. The molecule has 0 spiro atoms. The van der Waals surface area contributed by atoms with E-state index in [4.69, 9.17) is 33.2 Å². The molecule has 0 amide bonds. The SMILES string of the molecule is N#CCCC(=O)Oc1cc(Cl)cc(Cl)c1. The summed E-state index contributed by atoms with van der Waals surface area (Å²) in [6, 6.07) is 6.36. The second-order valence-electron chi connectivity index (χ2n) is 2.74. The number of carbonyl (C=O) groups is 1. The first-order valence-electron chi connectivity index (χ1n) is 4.15. The van der Waals surface area contributed by atoms with Crippen LogP contribution in [0.25, 0.3) is 0 Å². The van der Waals surface area contributed by atoms with E-state index in [1.807, 2.05) is 6.07 Å². The largest absolute Gasteiger partial charge is 0.426 e. The zero-order valence-electron chi connectivity index (χ0n) is 7.67.